The van der Waals surface area contributed by atoms with Crippen LogP contribution in [0.1, 0.15) is 65.5 Å². The molecule has 1 aliphatic carbocycles. The minimum Gasteiger partial charge on any atom is -0.382 e. The molecule has 2 N–H and O–H groups in total. The predicted molar refractivity (Wildman–Crippen MR) is 108 cm³/mol. The Morgan fingerprint density at radius 2 is 2.00 bits per heavy atom. The Hall–Kier alpha value is -2.81. The third-order valence-electron chi connectivity index (χ3n) is 5.52. The second kappa shape index (κ2) is 8.92. The zero-order valence-corrected chi connectivity index (χ0v) is 16.5. The fourth-order valence-corrected chi connectivity index (χ4v) is 4.16. The van der Waals surface area contributed by atoms with Crippen molar-refractivity contribution in [1.82, 2.24) is 9.88 Å². The molecular weight excluding hydrogens is 355 g/mol. The Kier molecular flexibility index (Phi) is 6.35. The van der Waals surface area contributed by atoms with Gasteiger partial charge in [-0.15, -0.1) is 0 Å². The van der Waals surface area contributed by atoms with Gasteiger partial charge >= 0.3 is 0 Å². The van der Waals surface area contributed by atoms with Crippen LogP contribution in [0.5, 0.6) is 0 Å². The molecule has 0 radical (unpaired) electrons. The van der Waals surface area contributed by atoms with Gasteiger partial charge in [0.25, 0.3) is 5.91 Å². The third kappa shape index (κ3) is 4.19. The van der Waals surface area contributed by atoms with Crippen LogP contribution in [0, 0.1) is 31.0 Å². The molecule has 1 saturated carbocycles. The lowest BCUT2D eigenvalue weighted by molar-refractivity contribution is 0.0954. The topological polar surface area (TPSA) is 69.8 Å². The molecule has 6 heteroatoms. The van der Waals surface area contributed by atoms with Crippen LogP contribution in [0.4, 0.5) is 10.1 Å². The smallest absolute Gasteiger partial charge is 0.253 e. The Bertz CT molecular complexity index is 891. The van der Waals surface area contributed by atoms with E-state index in [-0.39, 0.29) is 11.5 Å². The maximum absolute atomic E-state index is 13.6. The summed E-state index contributed by atoms with van der Waals surface area (Å²) in [4.78, 5) is 12.6. The van der Waals surface area contributed by atoms with Crippen molar-refractivity contribution in [1.29, 1.82) is 5.26 Å². The fraction of sp³-hybridized carbons (Fsp3) is 0.455. The highest BCUT2D eigenvalue weighted by Gasteiger charge is 2.22. The molecule has 28 heavy (non-hydrogen) atoms. The molecular formula is C22H27FN4O. The summed E-state index contributed by atoms with van der Waals surface area (Å²) in [5.41, 5.74) is 3.29. The van der Waals surface area contributed by atoms with E-state index in [1.165, 1.54) is 38.2 Å². The lowest BCUT2D eigenvalue weighted by atomic mass is 9.95. The largest absolute Gasteiger partial charge is 0.382 e. The number of nitriles is 1. The van der Waals surface area contributed by atoms with E-state index in [1.807, 2.05) is 19.1 Å². The standard InChI is InChI=1S/C22H27FN4O/c1-15-13-18(16(2)27(15)17-7-4-3-5-8-17)22(28)26-12-11-25-21-10-6-9-20(23)19(21)14-24/h6,9-10,13,17,25H,3-5,7-8,11-12H2,1-2H3,(H,26,28). The Morgan fingerprint density at radius 1 is 1.25 bits per heavy atom. The molecule has 1 heterocycles. The molecule has 5 nitrogen and oxygen atoms in total. The van der Waals surface area contributed by atoms with Crippen molar-refractivity contribution >= 4 is 11.6 Å². The van der Waals surface area contributed by atoms with E-state index in [9.17, 15) is 9.18 Å². The number of anilines is 1. The molecule has 148 valence electrons. The van der Waals surface area contributed by atoms with Crippen molar-refractivity contribution in [2.45, 2.75) is 52.0 Å². The second-order valence-corrected chi connectivity index (χ2v) is 7.40. The molecule has 1 aromatic heterocycles. The summed E-state index contributed by atoms with van der Waals surface area (Å²) < 4.78 is 15.9. The van der Waals surface area contributed by atoms with Crippen molar-refractivity contribution in [3.63, 3.8) is 0 Å². The molecule has 0 atom stereocenters. The Morgan fingerprint density at radius 3 is 2.71 bits per heavy atom. The Balaban J connectivity index is 1.59. The third-order valence-corrected chi connectivity index (χ3v) is 5.52. The highest BCUT2D eigenvalue weighted by atomic mass is 19.1. The first-order valence-electron chi connectivity index (χ1n) is 9.92. The number of amides is 1. The van der Waals surface area contributed by atoms with Gasteiger partial charge in [0.15, 0.2) is 0 Å². The molecule has 0 aliphatic heterocycles. The molecule has 0 bridgehead atoms. The predicted octanol–water partition coefficient (Wildman–Crippen LogP) is 4.46. The van der Waals surface area contributed by atoms with Gasteiger partial charge in [-0.3, -0.25) is 4.79 Å². The van der Waals surface area contributed by atoms with Crippen molar-refractivity contribution in [3.8, 4) is 6.07 Å². The average Bonchev–Trinajstić information content (AvgIpc) is 3.00. The van der Waals surface area contributed by atoms with Crippen molar-refractivity contribution in [3.05, 3.63) is 52.6 Å². The lowest BCUT2D eigenvalue weighted by Gasteiger charge is -2.26. The summed E-state index contributed by atoms with van der Waals surface area (Å²) in [6, 6.07) is 8.78. The van der Waals surface area contributed by atoms with Crippen molar-refractivity contribution < 1.29 is 9.18 Å². The van der Waals surface area contributed by atoms with Gasteiger partial charge in [-0.25, -0.2) is 4.39 Å². The summed E-state index contributed by atoms with van der Waals surface area (Å²) in [5.74, 6) is -0.650. The molecule has 0 unspecified atom stereocenters. The number of nitrogens with zero attached hydrogens (tertiary/aromatic N) is 2. The molecule has 1 amide bonds. The SMILES string of the molecule is Cc1cc(C(=O)NCCNc2cccc(F)c2C#N)c(C)n1C1CCCCC1. The van der Waals surface area contributed by atoms with E-state index < -0.39 is 5.82 Å². The number of rotatable bonds is 6. The fourth-order valence-electron chi connectivity index (χ4n) is 4.16. The maximum atomic E-state index is 13.6. The summed E-state index contributed by atoms with van der Waals surface area (Å²) in [7, 11) is 0. The van der Waals surface area contributed by atoms with Crippen LogP contribution >= 0.6 is 0 Å². The lowest BCUT2D eigenvalue weighted by Crippen LogP contribution is -2.29. The number of hydrogen-bond donors (Lipinski definition) is 2. The van der Waals surface area contributed by atoms with Crippen molar-refractivity contribution in [2.24, 2.45) is 0 Å². The number of carbonyl (C=O) groups excluding carboxylic acids is 1. The number of aryl methyl sites for hydroxylation is 1. The van der Waals surface area contributed by atoms with Crippen molar-refractivity contribution in [2.75, 3.05) is 18.4 Å². The minimum atomic E-state index is -0.549. The molecule has 1 aliphatic rings. The van der Waals surface area contributed by atoms with E-state index in [0.29, 0.717) is 30.4 Å². The molecule has 2 aromatic rings. The van der Waals surface area contributed by atoms with Crippen LogP contribution < -0.4 is 10.6 Å². The zero-order valence-electron chi connectivity index (χ0n) is 16.5. The van der Waals surface area contributed by atoms with Crippen LogP contribution in [0.2, 0.25) is 0 Å². The van der Waals surface area contributed by atoms with E-state index >= 15 is 0 Å². The van der Waals surface area contributed by atoms with Crippen LogP contribution in [0.15, 0.2) is 24.3 Å². The van der Waals surface area contributed by atoms with Crippen LogP contribution in [0.25, 0.3) is 0 Å². The first kappa shape index (κ1) is 19.9. The van der Waals surface area contributed by atoms with Crippen LogP contribution in [0.3, 0.4) is 0 Å². The van der Waals surface area contributed by atoms with Gasteiger partial charge in [0.1, 0.15) is 17.4 Å². The number of carbonyl (C=O) groups is 1. The number of aromatic nitrogens is 1. The number of hydrogen-bond acceptors (Lipinski definition) is 3. The molecule has 0 spiro atoms. The molecule has 0 saturated heterocycles. The van der Waals surface area contributed by atoms with Crippen LogP contribution in [-0.4, -0.2) is 23.6 Å². The van der Waals surface area contributed by atoms with Gasteiger partial charge < -0.3 is 15.2 Å². The number of nitrogens with one attached hydrogen (secondary N) is 2. The average molecular weight is 382 g/mol. The van der Waals surface area contributed by atoms with E-state index in [2.05, 4.69) is 22.1 Å². The number of benzene rings is 1. The van der Waals surface area contributed by atoms with E-state index in [0.717, 1.165) is 11.4 Å². The van der Waals surface area contributed by atoms with Gasteiger partial charge in [-0.2, -0.15) is 5.26 Å². The van der Waals surface area contributed by atoms with Gasteiger partial charge in [-0.05, 0) is 44.9 Å². The summed E-state index contributed by atoms with van der Waals surface area (Å²) in [6.45, 7) is 4.87. The first-order chi connectivity index (χ1) is 13.5. The van der Waals surface area contributed by atoms with Gasteiger partial charge in [0, 0.05) is 30.5 Å². The van der Waals surface area contributed by atoms with E-state index in [1.54, 1.807) is 12.1 Å². The molecule has 1 aromatic carbocycles. The first-order valence-corrected chi connectivity index (χ1v) is 9.92. The highest BCUT2D eigenvalue weighted by Crippen LogP contribution is 2.32. The zero-order chi connectivity index (χ0) is 20.1. The summed E-state index contributed by atoms with van der Waals surface area (Å²) in [5, 5.41) is 15.0. The number of halogens is 1. The second-order valence-electron chi connectivity index (χ2n) is 7.40. The normalized spacial score (nSPS) is 14.5. The van der Waals surface area contributed by atoms with Gasteiger partial charge in [-0.1, -0.05) is 25.3 Å². The molecule has 3 rings (SSSR count). The van der Waals surface area contributed by atoms with Crippen LogP contribution in [-0.2, 0) is 0 Å². The maximum Gasteiger partial charge on any atom is 0.253 e. The minimum absolute atomic E-state index is 0.00939. The highest BCUT2D eigenvalue weighted by molar-refractivity contribution is 5.95. The monoisotopic (exact) mass is 382 g/mol. The van der Waals surface area contributed by atoms with Gasteiger partial charge in [0.2, 0.25) is 0 Å². The summed E-state index contributed by atoms with van der Waals surface area (Å²) in [6.07, 6.45) is 6.15. The quantitative estimate of drug-likeness (QED) is 0.725. The summed E-state index contributed by atoms with van der Waals surface area (Å²) >= 11 is 0. The van der Waals surface area contributed by atoms with Gasteiger partial charge in [0.05, 0.1) is 11.3 Å². The van der Waals surface area contributed by atoms with E-state index in [4.69, 9.17) is 5.26 Å². The Labute approximate surface area is 165 Å². The molecule has 1 fully saturated rings.